The molecule has 2 aromatic rings. The van der Waals surface area contributed by atoms with Gasteiger partial charge in [0.1, 0.15) is 5.75 Å². The number of benzene rings is 2. The van der Waals surface area contributed by atoms with Gasteiger partial charge in [0.05, 0.1) is 6.04 Å². The number of phenols is 1. The molecular weight excluding hydrogens is 314 g/mol. The van der Waals surface area contributed by atoms with E-state index in [0.717, 1.165) is 18.5 Å². The predicted octanol–water partition coefficient (Wildman–Crippen LogP) is 4.87. The normalized spacial score (nSPS) is 17.1. The maximum atomic E-state index is 9.55. The van der Waals surface area contributed by atoms with Crippen molar-refractivity contribution >= 4 is 21.6 Å². The maximum Gasteiger partial charge on any atom is 0.115 e. The molecular formula is C17H18BrNO. The number of nitrogens with one attached hydrogen (secondary N) is 1. The summed E-state index contributed by atoms with van der Waals surface area (Å²) in [5.41, 5.74) is 6.22. The van der Waals surface area contributed by atoms with Crippen LogP contribution >= 0.6 is 15.9 Å². The van der Waals surface area contributed by atoms with Crippen LogP contribution in [0.4, 0.5) is 5.69 Å². The van der Waals surface area contributed by atoms with Crippen LogP contribution in [-0.2, 0) is 6.42 Å². The van der Waals surface area contributed by atoms with Crippen LogP contribution in [0.15, 0.2) is 34.8 Å². The summed E-state index contributed by atoms with van der Waals surface area (Å²) in [5.74, 6) is 0.361. The molecule has 2 nitrogen and oxygen atoms in total. The highest BCUT2D eigenvalue weighted by atomic mass is 79.9. The number of rotatable bonds is 2. The highest BCUT2D eigenvalue weighted by molar-refractivity contribution is 9.10. The standard InChI is InChI=1S/C17H18BrNO/c1-10-7-13(8-11(2)17(10)18)19-16-6-3-12-9-14(20)4-5-15(12)16/h4-5,7-9,16,19-20H,3,6H2,1-2H3. The van der Waals surface area contributed by atoms with Crippen molar-refractivity contribution < 1.29 is 5.11 Å². The smallest absolute Gasteiger partial charge is 0.115 e. The predicted molar refractivity (Wildman–Crippen MR) is 86.4 cm³/mol. The molecule has 1 atom stereocenters. The molecule has 104 valence electrons. The molecule has 0 fully saturated rings. The van der Waals surface area contributed by atoms with Gasteiger partial charge in [-0.3, -0.25) is 0 Å². The first-order valence-electron chi connectivity index (χ1n) is 6.89. The maximum absolute atomic E-state index is 9.55. The Morgan fingerprint density at radius 2 is 1.85 bits per heavy atom. The van der Waals surface area contributed by atoms with Gasteiger partial charge >= 0.3 is 0 Å². The molecule has 20 heavy (non-hydrogen) atoms. The summed E-state index contributed by atoms with van der Waals surface area (Å²) >= 11 is 3.60. The molecule has 0 aromatic heterocycles. The Balaban J connectivity index is 1.87. The minimum absolute atomic E-state index is 0.338. The molecule has 0 saturated heterocycles. The number of fused-ring (bicyclic) bond motifs is 1. The van der Waals surface area contributed by atoms with Crippen LogP contribution in [0.5, 0.6) is 5.75 Å². The average molecular weight is 332 g/mol. The molecule has 0 radical (unpaired) electrons. The van der Waals surface area contributed by atoms with Crippen LogP contribution in [0.25, 0.3) is 0 Å². The number of anilines is 1. The van der Waals surface area contributed by atoms with E-state index in [1.165, 1.54) is 26.7 Å². The van der Waals surface area contributed by atoms with Crippen LogP contribution in [0, 0.1) is 13.8 Å². The van der Waals surface area contributed by atoms with E-state index in [4.69, 9.17) is 0 Å². The number of phenolic OH excluding ortho intramolecular Hbond substituents is 1. The van der Waals surface area contributed by atoms with Crippen molar-refractivity contribution in [2.75, 3.05) is 5.32 Å². The van der Waals surface area contributed by atoms with Crippen LogP contribution < -0.4 is 5.32 Å². The Morgan fingerprint density at radius 1 is 1.15 bits per heavy atom. The minimum atomic E-state index is 0.338. The van der Waals surface area contributed by atoms with Crippen molar-refractivity contribution in [1.82, 2.24) is 0 Å². The van der Waals surface area contributed by atoms with Gasteiger partial charge in [-0.1, -0.05) is 22.0 Å². The Labute approximate surface area is 128 Å². The van der Waals surface area contributed by atoms with Gasteiger partial charge in [-0.15, -0.1) is 0 Å². The van der Waals surface area contributed by atoms with Gasteiger partial charge in [-0.25, -0.2) is 0 Å². The fraction of sp³-hybridized carbons (Fsp3) is 0.294. The van der Waals surface area contributed by atoms with Crippen LogP contribution in [-0.4, -0.2) is 5.11 Å². The van der Waals surface area contributed by atoms with Crippen molar-refractivity contribution in [3.63, 3.8) is 0 Å². The van der Waals surface area contributed by atoms with Gasteiger partial charge < -0.3 is 10.4 Å². The van der Waals surface area contributed by atoms with Gasteiger partial charge in [0.25, 0.3) is 0 Å². The second-order valence-electron chi connectivity index (χ2n) is 5.54. The topological polar surface area (TPSA) is 32.3 Å². The molecule has 0 saturated carbocycles. The Kier molecular flexibility index (Phi) is 3.47. The van der Waals surface area contributed by atoms with Gasteiger partial charge in [-0.05, 0) is 73.2 Å². The molecule has 1 unspecified atom stereocenters. The monoisotopic (exact) mass is 331 g/mol. The quantitative estimate of drug-likeness (QED) is 0.822. The van der Waals surface area contributed by atoms with E-state index >= 15 is 0 Å². The molecule has 0 amide bonds. The Bertz CT molecular complexity index is 643. The lowest BCUT2D eigenvalue weighted by atomic mass is 10.1. The molecule has 1 aliphatic carbocycles. The van der Waals surface area contributed by atoms with Gasteiger partial charge in [0, 0.05) is 10.2 Å². The molecule has 0 bridgehead atoms. The molecule has 0 spiro atoms. The number of halogens is 1. The summed E-state index contributed by atoms with van der Waals surface area (Å²) in [6, 6.07) is 10.4. The van der Waals surface area contributed by atoms with Gasteiger partial charge in [0.2, 0.25) is 0 Å². The van der Waals surface area contributed by atoms with Crippen molar-refractivity contribution in [3.05, 3.63) is 57.1 Å². The number of aryl methyl sites for hydroxylation is 3. The molecule has 1 aliphatic rings. The summed E-state index contributed by atoms with van der Waals surface area (Å²) in [7, 11) is 0. The van der Waals surface area contributed by atoms with E-state index < -0.39 is 0 Å². The van der Waals surface area contributed by atoms with Crippen molar-refractivity contribution in [1.29, 1.82) is 0 Å². The molecule has 2 N–H and O–H groups in total. The molecule has 2 aromatic carbocycles. The number of hydrogen-bond donors (Lipinski definition) is 2. The summed E-state index contributed by atoms with van der Waals surface area (Å²) in [6.07, 6.45) is 2.10. The SMILES string of the molecule is Cc1cc(NC2CCc3cc(O)ccc32)cc(C)c1Br. The third kappa shape index (κ3) is 2.42. The largest absolute Gasteiger partial charge is 0.508 e. The molecule has 0 aliphatic heterocycles. The van der Waals surface area contributed by atoms with Crippen LogP contribution in [0.3, 0.4) is 0 Å². The van der Waals surface area contributed by atoms with Crippen LogP contribution in [0.2, 0.25) is 0 Å². The lowest BCUT2D eigenvalue weighted by Crippen LogP contribution is -2.07. The van der Waals surface area contributed by atoms with E-state index in [1.54, 1.807) is 6.07 Å². The first kappa shape index (κ1) is 13.5. The van der Waals surface area contributed by atoms with Crippen molar-refractivity contribution in [3.8, 4) is 5.75 Å². The first-order valence-corrected chi connectivity index (χ1v) is 7.69. The number of hydrogen-bond acceptors (Lipinski definition) is 2. The van der Waals surface area contributed by atoms with Crippen molar-refractivity contribution in [2.24, 2.45) is 0 Å². The second-order valence-corrected chi connectivity index (χ2v) is 6.34. The molecule has 0 heterocycles. The Hall–Kier alpha value is -1.48. The zero-order valence-corrected chi connectivity index (χ0v) is 13.3. The van der Waals surface area contributed by atoms with Gasteiger partial charge in [-0.2, -0.15) is 0 Å². The van der Waals surface area contributed by atoms with Crippen LogP contribution in [0.1, 0.15) is 34.7 Å². The van der Waals surface area contributed by atoms with E-state index in [-0.39, 0.29) is 0 Å². The highest BCUT2D eigenvalue weighted by Crippen LogP contribution is 2.36. The zero-order chi connectivity index (χ0) is 14.3. The third-order valence-corrected chi connectivity index (χ3v) is 5.23. The van der Waals surface area contributed by atoms with E-state index in [0.29, 0.717) is 11.8 Å². The molecule has 3 rings (SSSR count). The van der Waals surface area contributed by atoms with Crippen molar-refractivity contribution in [2.45, 2.75) is 32.7 Å². The number of aromatic hydroxyl groups is 1. The summed E-state index contributed by atoms with van der Waals surface area (Å²) in [4.78, 5) is 0. The van der Waals surface area contributed by atoms with E-state index in [9.17, 15) is 5.11 Å². The fourth-order valence-corrected chi connectivity index (χ4v) is 3.21. The molecule has 3 heteroatoms. The zero-order valence-electron chi connectivity index (χ0n) is 11.7. The average Bonchev–Trinajstić information content (AvgIpc) is 2.78. The fourth-order valence-electron chi connectivity index (χ4n) is 2.98. The lowest BCUT2D eigenvalue weighted by molar-refractivity contribution is 0.474. The highest BCUT2D eigenvalue weighted by Gasteiger charge is 2.22. The minimum Gasteiger partial charge on any atom is -0.508 e. The first-order chi connectivity index (χ1) is 9.54. The Morgan fingerprint density at radius 3 is 2.55 bits per heavy atom. The van der Waals surface area contributed by atoms with E-state index in [2.05, 4.69) is 47.2 Å². The lowest BCUT2D eigenvalue weighted by Gasteiger charge is -2.17. The summed E-state index contributed by atoms with van der Waals surface area (Å²) < 4.78 is 1.18. The second kappa shape index (κ2) is 5.13. The van der Waals surface area contributed by atoms with Gasteiger partial charge in [0.15, 0.2) is 0 Å². The summed E-state index contributed by atoms with van der Waals surface area (Å²) in [5, 5.41) is 13.2. The summed E-state index contributed by atoms with van der Waals surface area (Å²) in [6.45, 7) is 4.23. The third-order valence-electron chi connectivity index (χ3n) is 3.98. The van der Waals surface area contributed by atoms with E-state index in [1.807, 2.05) is 12.1 Å².